The highest BCUT2D eigenvalue weighted by Gasteiger charge is 2.50. The van der Waals surface area contributed by atoms with Crippen LogP contribution in [0, 0.1) is 5.82 Å². The lowest BCUT2D eigenvalue weighted by atomic mass is 9.92. The molecule has 0 radical (unpaired) electrons. The zero-order valence-electron chi connectivity index (χ0n) is 17.0. The van der Waals surface area contributed by atoms with Crippen LogP contribution < -0.4 is 15.5 Å². The summed E-state index contributed by atoms with van der Waals surface area (Å²) in [7, 11) is 0. The quantitative estimate of drug-likeness (QED) is 0.739. The summed E-state index contributed by atoms with van der Waals surface area (Å²) < 4.78 is 13.3. The molecule has 2 heterocycles. The van der Waals surface area contributed by atoms with Gasteiger partial charge in [-0.05, 0) is 43.7 Å². The zero-order valence-corrected chi connectivity index (χ0v) is 17.0. The largest absolute Gasteiger partial charge is 0.325 e. The van der Waals surface area contributed by atoms with Crippen LogP contribution in [-0.4, -0.2) is 41.2 Å². The summed E-state index contributed by atoms with van der Waals surface area (Å²) in [6.45, 7) is 2.75. The SMILES string of the molecule is C[C@@H]1CC(=O)Nc2ccccc2N1C(=O)CN1C(=O)N[C@@](C)(c2ccc(F)cc2)C1=O. The lowest BCUT2D eigenvalue weighted by Crippen LogP contribution is -2.47. The molecule has 9 heteroatoms. The molecule has 2 aliphatic rings. The molecule has 2 aromatic rings. The van der Waals surface area contributed by atoms with Crippen molar-refractivity contribution in [1.29, 1.82) is 0 Å². The van der Waals surface area contributed by atoms with E-state index in [-0.39, 0.29) is 12.3 Å². The second-order valence-electron chi connectivity index (χ2n) is 7.84. The molecule has 0 aliphatic carbocycles. The first-order valence-electron chi connectivity index (χ1n) is 9.82. The molecular weight excluding hydrogens is 403 g/mol. The topological polar surface area (TPSA) is 98.8 Å². The number of hydrogen-bond acceptors (Lipinski definition) is 4. The molecule has 1 fully saturated rings. The molecule has 1 saturated heterocycles. The second kappa shape index (κ2) is 7.50. The first-order chi connectivity index (χ1) is 14.7. The Balaban J connectivity index is 1.61. The molecule has 8 nitrogen and oxygen atoms in total. The normalized spacial score (nSPS) is 23.2. The Morgan fingerprint density at radius 1 is 1.13 bits per heavy atom. The third kappa shape index (κ3) is 3.52. The van der Waals surface area contributed by atoms with Crippen molar-refractivity contribution < 1.29 is 23.6 Å². The number of urea groups is 1. The Morgan fingerprint density at radius 3 is 2.52 bits per heavy atom. The van der Waals surface area contributed by atoms with E-state index in [0.29, 0.717) is 16.9 Å². The van der Waals surface area contributed by atoms with Gasteiger partial charge < -0.3 is 15.5 Å². The number of amides is 5. The van der Waals surface area contributed by atoms with Crippen molar-refractivity contribution in [2.24, 2.45) is 0 Å². The van der Waals surface area contributed by atoms with Crippen LogP contribution in [-0.2, 0) is 19.9 Å². The van der Waals surface area contributed by atoms with Gasteiger partial charge in [-0.15, -0.1) is 0 Å². The molecule has 160 valence electrons. The summed E-state index contributed by atoms with van der Waals surface area (Å²) in [5, 5.41) is 5.37. The third-order valence-electron chi connectivity index (χ3n) is 5.62. The Labute approximate surface area is 178 Å². The van der Waals surface area contributed by atoms with Crippen LogP contribution in [0.25, 0.3) is 0 Å². The predicted octanol–water partition coefficient (Wildman–Crippen LogP) is 2.36. The molecular formula is C22H21FN4O4. The van der Waals surface area contributed by atoms with E-state index in [9.17, 15) is 23.6 Å². The van der Waals surface area contributed by atoms with Gasteiger partial charge in [-0.1, -0.05) is 24.3 Å². The highest BCUT2D eigenvalue weighted by molar-refractivity contribution is 6.12. The number of fused-ring (bicyclic) bond motifs is 1. The first-order valence-corrected chi connectivity index (χ1v) is 9.82. The summed E-state index contributed by atoms with van der Waals surface area (Å²) in [6.07, 6.45) is 0.0772. The maximum Gasteiger partial charge on any atom is 0.325 e. The van der Waals surface area contributed by atoms with Gasteiger partial charge in [0.25, 0.3) is 5.91 Å². The molecule has 5 amide bonds. The number of anilines is 2. The fourth-order valence-electron chi connectivity index (χ4n) is 4.00. The Bertz CT molecular complexity index is 1090. The molecule has 0 saturated carbocycles. The Hall–Kier alpha value is -3.75. The molecule has 2 N–H and O–H groups in total. The van der Waals surface area contributed by atoms with Gasteiger partial charge in [0.2, 0.25) is 11.8 Å². The number of halogens is 1. The minimum Gasteiger partial charge on any atom is -0.324 e. The van der Waals surface area contributed by atoms with Crippen molar-refractivity contribution in [3.8, 4) is 0 Å². The van der Waals surface area contributed by atoms with Crippen molar-refractivity contribution in [2.75, 3.05) is 16.8 Å². The monoisotopic (exact) mass is 424 g/mol. The molecule has 2 atom stereocenters. The van der Waals surface area contributed by atoms with Gasteiger partial charge in [0.15, 0.2) is 0 Å². The van der Waals surface area contributed by atoms with E-state index in [4.69, 9.17) is 0 Å². The van der Waals surface area contributed by atoms with Crippen molar-refractivity contribution in [1.82, 2.24) is 10.2 Å². The summed E-state index contributed by atoms with van der Waals surface area (Å²) in [5.41, 5.74) is -0.0199. The molecule has 4 rings (SSSR count). The standard InChI is InChI=1S/C22H21FN4O4/c1-13-11-18(28)24-16-5-3-4-6-17(16)27(13)19(29)12-26-20(30)22(2,25-21(26)31)14-7-9-15(23)10-8-14/h3-10,13H,11-12H2,1-2H3,(H,24,28)(H,25,31)/t13-,22+/m1/s1. The maximum absolute atomic E-state index is 13.3. The minimum absolute atomic E-state index is 0.0772. The summed E-state index contributed by atoms with van der Waals surface area (Å²) in [5.74, 6) is -1.80. The minimum atomic E-state index is -1.41. The number of carbonyl (C=O) groups is 4. The van der Waals surface area contributed by atoms with Gasteiger partial charge in [0.05, 0.1) is 11.4 Å². The number of nitrogens with zero attached hydrogens (tertiary/aromatic N) is 2. The van der Waals surface area contributed by atoms with Gasteiger partial charge in [-0.2, -0.15) is 0 Å². The molecule has 2 aliphatic heterocycles. The van der Waals surface area contributed by atoms with Crippen LogP contribution >= 0.6 is 0 Å². The molecule has 0 spiro atoms. The van der Waals surface area contributed by atoms with Crippen molar-refractivity contribution in [3.05, 3.63) is 59.9 Å². The van der Waals surface area contributed by atoms with Gasteiger partial charge in [-0.3, -0.25) is 19.3 Å². The lowest BCUT2D eigenvalue weighted by Gasteiger charge is -2.29. The van der Waals surface area contributed by atoms with Crippen LogP contribution in [0.1, 0.15) is 25.8 Å². The second-order valence-corrected chi connectivity index (χ2v) is 7.84. The Morgan fingerprint density at radius 2 is 1.81 bits per heavy atom. The van der Waals surface area contributed by atoms with Gasteiger partial charge >= 0.3 is 6.03 Å². The fourth-order valence-corrected chi connectivity index (χ4v) is 4.00. The van der Waals surface area contributed by atoms with E-state index in [2.05, 4.69) is 10.6 Å². The number of carbonyl (C=O) groups excluding carboxylic acids is 4. The summed E-state index contributed by atoms with van der Waals surface area (Å²) >= 11 is 0. The predicted molar refractivity (Wildman–Crippen MR) is 111 cm³/mol. The van der Waals surface area contributed by atoms with Crippen LogP contribution in [0.3, 0.4) is 0 Å². The van der Waals surface area contributed by atoms with Gasteiger partial charge in [-0.25, -0.2) is 9.18 Å². The highest BCUT2D eigenvalue weighted by atomic mass is 19.1. The molecule has 0 aromatic heterocycles. The van der Waals surface area contributed by atoms with Crippen molar-refractivity contribution in [2.45, 2.75) is 31.8 Å². The number of para-hydroxylation sites is 2. The van der Waals surface area contributed by atoms with Crippen LogP contribution in [0.5, 0.6) is 0 Å². The number of imide groups is 1. The van der Waals surface area contributed by atoms with Gasteiger partial charge in [0.1, 0.15) is 17.9 Å². The van der Waals surface area contributed by atoms with E-state index in [1.54, 1.807) is 31.2 Å². The summed E-state index contributed by atoms with van der Waals surface area (Å²) in [4.78, 5) is 53.3. The van der Waals surface area contributed by atoms with E-state index in [1.165, 1.54) is 36.1 Å². The van der Waals surface area contributed by atoms with E-state index in [1.807, 2.05) is 0 Å². The number of benzene rings is 2. The van der Waals surface area contributed by atoms with E-state index >= 15 is 0 Å². The first kappa shape index (κ1) is 20.5. The molecule has 0 unspecified atom stereocenters. The Kier molecular flexibility index (Phi) is 4.96. The van der Waals surface area contributed by atoms with E-state index in [0.717, 1.165) is 4.90 Å². The highest BCUT2D eigenvalue weighted by Crippen LogP contribution is 2.33. The smallest absolute Gasteiger partial charge is 0.324 e. The average Bonchev–Trinajstić information content (AvgIpc) is 2.85. The molecule has 2 aromatic carbocycles. The lowest BCUT2D eigenvalue weighted by molar-refractivity contribution is -0.134. The molecule has 0 bridgehead atoms. The van der Waals surface area contributed by atoms with Gasteiger partial charge in [0, 0.05) is 12.5 Å². The molecule has 31 heavy (non-hydrogen) atoms. The van der Waals surface area contributed by atoms with E-state index < -0.39 is 41.8 Å². The van der Waals surface area contributed by atoms with Crippen molar-refractivity contribution in [3.63, 3.8) is 0 Å². The fraction of sp³-hybridized carbons (Fsp3) is 0.273. The number of hydrogen-bond donors (Lipinski definition) is 2. The number of nitrogens with one attached hydrogen (secondary N) is 2. The summed E-state index contributed by atoms with van der Waals surface area (Å²) in [6, 6.07) is 10.9. The third-order valence-corrected chi connectivity index (χ3v) is 5.62. The average molecular weight is 424 g/mol. The zero-order chi connectivity index (χ0) is 22.3. The van der Waals surface area contributed by atoms with Crippen LogP contribution in [0.4, 0.5) is 20.6 Å². The van der Waals surface area contributed by atoms with Crippen LogP contribution in [0.2, 0.25) is 0 Å². The van der Waals surface area contributed by atoms with Crippen LogP contribution in [0.15, 0.2) is 48.5 Å². The van der Waals surface area contributed by atoms with Crippen molar-refractivity contribution >= 4 is 35.1 Å². The number of rotatable bonds is 3. The maximum atomic E-state index is 13.3.